The minimum Gasteiger partial charge on any atom is -0.478 e. The fourth-order valence-electron chi connectivity index (χ4n) is 0.149. The first-order chi connectivity index (χ1) is 8.20. The highest BCUT2D eigenvalue weighted by atomic mass is 16.4. The molecule has 0 amide bonds. The highest BCUT2D eigenvalue weighted by molar-refractivity contribution is 5.85. The summed E-state index contributed by atoms with van der Waals surface area (Å²) in [7, 11) is 0. The SMILES string of the molecule is C=C(C)C(=O)O.C=C(C)C(=O)O.OCC=CCO. The lowest BCUT2D eigenvalue weighted by Gasteiger charge is -1.79. The summed E-state index contributed by atoms with van der Waals surface area (Å²) in [6.45, 7) is 9.23. The fourth-order valence-corrected chi connectivity index (χ4v) is 0.149. The van der Waals surface area contributed by atoms with Gasteiger partial charge in [-0.3, -0.25) is 0 Å². The Hall–Kier alpha value is -1.92. The molecule has 0 rings (SSSR count). The van der Waals surface area contributed by atoms with Crippen LogP contribution < -0.4 is 0 Å². The van der Waals surface area contributed by atoms with Crippen LogP contribution in [0.3, 0.4) is 0 Å². The normalized spacial score (nSPS) is 8.44. The van der Waals surface area contributed by atoms with E-state index in [-0.39, 0.29) is 24.4 Å². The molecule has 6 nitrogen and oxygen atoms in total. The number of aliphatic hydroxyl groups is 2. The lowest BCUT2D eigenvalue weighted by Crippen LogP contribution is -1.92. The van der Waals surface area contributed by atoms with Crippen molar-refractivity contribution in [3.63, 3.8) is 0 Å². The smallest absolute Gasteiger partial charge is 0.330 e. The first-order valence-corrected chi connectivity index (χ1v) is 4.84. The van der Waals surface area contributed by atoms with Gasteiger partial charge in [0.2, 0.25) is 0 Å². The maximum atomic E-state index is 9.60. The molecule has 0 aromatic carbocycles. The minimum absolute atomic E-state index is 0.0144. The molecule has 0 bridgehead atoms. The summed E-state index contributed by atoms with van der Waals surface area (Å²) in [6, 6.07) is 0. The number of aliphatic hydroxyl groups excluding tert-OH is 2. The van der Waals surface area contributed by atoms with Gasteiger partial charge in [0.1, 0.15) is 0 Å². The molecule has 0 aliphatic heterocycles. The predicted octanol–water partition coefficient (Wildman–Crippen LogP) is 0.821. The molecule has 0 aromatic rings. The summed E-state index contributed by atoms with van der Waals surface area (Å²) in [4.78, 5) is 19.2. The topological polar surface area (TPSA) is 115 Å². The molecule has 0 aromatic heterocycles. The average Bonchev–Trinajstić information content (AvgIpc) is 2.27. The maximum Gasteiger partial charge on any atom is 0.330 e. The zero-order valence-corrected chi connectivity index (χ0v) is 10.6. The first kappa shape index (κ1) is 21.4. The second-order valence-electron chi connectivity index (χ2n) is 3.01. The van der Waals surface area contributed by atoms with Crippen molar-refractivity contribution in [2.24, 2.45) is 0 Å². The van der Waals surface area contributed by atoms with Gasteiger partial charge in [0.05, 0.1) is 13.2 Å². The van der Waals surface area contributed by atoms with Gasteiger partial charge in [-0.15, -0.1) is 0 Å². The molecule has 6 heteroatoms. The molecule has 0 atom stereocenters. The van der Waals surface area contributed by atoms with Gasteiger partial charge < -0.3 is 20.4 Å². The lowest BCUT2D eigenvalue weighted by molar-refractivity contribution is -0.133. The monoisotopic (exact) mass is 260 g/mol. The number of carboxylic acids is 2. The number of hydrogen-bond donors (Lipinski definition) is 4. The van der Waals surface area contributed by atoms with Crippen molar-refractivity contribution in [1.82, 2.24) is 0 Å². The van der Waals surface area contributed by atoms with Gasteiger partial charge in [-0.2, -0.15) is 0 Å². The van der Waals surface area contributed by atoms with Crippen LogP contribution in [0.25, 0.3) is 0 Å². The van der Waals surface area contributed by atoms with Crippen LogP contribution in [-0.2, 0) is 9.59 Å². The summed E-state index contributed by atoms with van der Waals surface area (Å²) in [5, 5.41) is 31.8. The van der Waals surface area contributed by atoms with Crippen LogP contribution in [0.15, 0.2) is 36.5 Å². The van der Waals surface area contributed by atoms with Crippen LogP contribution in [0.2, 0.25) is 0 Å². The van der Waals surface area contributed by atoms with Crippen molar-refractivity contribution in [1.29, 1.82) is 0 Å². The van der Waals surface area contributed by atoms with E-state index in [9.17, 15) is 9.59 Å². The summed E-state index contributed by atoms with van der Waals surface area (Å²) in [6.07, 6.45) is 2.97. The van der Waals surface area contributed by atoms with E-state index in [1.807, 2.05) is 0 Å². The molecule has 0 saturated carbocycles. The van der Waals surface area contributed by atoms with Gasteiger partial charge in [0.25, 0.3) is 0 Å². The van der Waals surface area contributed by atoms with E-state index in [1.54, 1.807) is 0 Å². The molecule has 18 heavy (non-hydrogen) atoms. The molecular formula is C12H20O6. The number of hydrogen-bond acceptors (Lipinski definition) is 4. The molecule has 0 radical (unpaired) electrons. The fraction of sp³-hybridized carbons (Fsp3) is 0.333. The van der Waals surface area contributed by atoms with Crippen LogP contribution in [0.5, 0.6) is 0 Å². The molecular weight excluding hydrogens is 240 g/mol. The Morgan fingerprint density at radius 1 is 0.889 bits per heavy atom. The summed E-state index contributed by atoms with van der Waals surface area (Å²) in [5.74, 6) is -1.87. The molecule has 0 fully saturated rings. The summed E-state index contributed by atoms with van der Waals surface area (Å²) < 4.78 is 0. The van der Waals surface area contributed by atoms with Gasteiger partial charge >= 0.3 is 11.9 Å². The average molecular weight is 260 g/mol. The molecule has 0 aliphatic rings. The third-order valence-electron chi connectivity index (χ3n) is 1.11. The second-order valence-corrected chi connectivity index (χ2v) is 3.01. The quantitative estimate of drug-likeness (QED) is 0.439. The second kappa shape index (κ2) is 15.1. The standard InChI is InChI=1S/2C4H6O2.C4H8O2/c2*1-3(2)4(5)6;5-3-1-2-4-6/h2*1H2,2H3,(H,5,6);1-2,5-6H,3-4H2. The van der Waals surface area contributed by atoms with Gasteiger partial charge in [0.15, 0.2) is 0 Å². The van der Waals surface area contributed by atoms with E-state index < -0.39 is 11.9 Å². The molecule has 0 unspecified atom stereocenters. The molecule has 0 spiro atoms. The number of carboxylic acid groups (broad SMARTS) is 2. The number of rotatable bonds is 4. The van der Waals surface area contributed by atoms with Crippen molar-refractivity contribution in [2.45, 2.75) is 13.8 Å². The first-order valence-electron chi connectivity index (χ1n) is 4.84. The summed E-state index contributed by atoms with van der Waals surface area (Å²) in [5.41, 5.74) is 0.352. The van der Waals surface area contributed by atoms with Crippen LogP contribution in [-0.4, -0.2) is 45.6 Å². The zero-order chi connectivity index (χ0) is 15.1. The largest absolute Gasteiger partial charge is 0.478 e. The Morgan fingerprint density at radius 2 is 1.06 bits per heavy atom. The Kier molecular flexibility index (Phi) is 17.9. The van der Waals surface area contributed by atoms with Crippen LogP contribution in [0, 0.1) is 0 Å². The van der Waals surface area contributed by atoms with Crippen molar-refractivity contribution in [2.75, 3.05) is 13.2 Å². The molecule has 4 N–H and O–H groups in total. The van der Waals surface area contributed by atoms with Crippen LogP contribution >= 0.6 is 0 Å². The molecule has 0 heterocycles. The predicted molar refractivity (Wildman–Crippen MR) is 68.2 cm³/mol. The molecule has 104 valence electrons. The lowest BCUT2D eigenvalue weighted by atomic mass is 10.4. The van der Waals surface area contributed by atoms with Crippen molar-refractivity contribution >= 4 is 11.9 Å². The molecule has 0 aliphatic carbocycles. The maximum absolute atomic E-state index is 9.60. The van der Waals surface area contributed by atoms with Gasteiger partial charge in [-0.1, -0.05) is 25.3 Å². The van der Waals surface area contributed by atoms with Gasteiger partial charge in [0, 0.05) is 11.1 Å². The Bertz CT molecular complexity index is 250. The number of carbonyl (C=O) groups is 2. The Morgan fingerprint density at radius 3 is 1.11 bits per heavy atom. The van der Waals surface area contributed by atoms with Gasteiger partial charge in [-0.05, 0) is 13.8 Å². The van der Waals surface area contributed by atoms with E-state index in [1.165, 1.54) is 26.0 Å². The van der Waals surface area contributed by atoms with Crippen molar-refractivity contribution in [3.05, 3.63) is 36.5 Å². The van der Waals surface area contributed by atoms with E-state index >= 15 is 0 Å². The Balaban J connectivity index is -0.000000187. The summed E-state index contributed by atoms with van der Waals surface area (Å²) >= 11 is 0. The van der Waals surface area contributed by atoms with E-state index in [4.69, 9.17) is 20.4 Å². The van der Waals surface area contributed by atoms with E-state index in [0.29, 0.717) is 0 Å². The zero-order valence-electron chi connectivity index (χ0n) is 10.6. The van der Waals surface area contributed by atoms with Crippen LogP contribution in [0.1, 0.15) is 13.8 Å². The number of aliphatic carboxylic acids is 2. The van der Waals surface area contributed by atoms with Gasteiger partial charge in [-0.25, -0.2) is 9.59 Å². The highest BCUT2D eigenvalue weighted by Gasteiger charge is 1.90. The Labute approximate surface area is 106 Å². The van der Waals surface area contributed by atoms with Crippen LogP contribution in [0.4, 0.5) is 0 Å². The molecule has 0 saturated heterocycles. The van der Waals surface area contributed by atoms with Crippen molar-refractivity contribution < 1.29 is 30.0 Å². The minimum atomic E-state index is -0.935. The third kappa shape index (κ3) is 29.2. The van der Waals surface area contributed by atoms with E-state index in [2.05, 4.69) is 13.2 Å². The highest BCUT2D eigenvalue weighted by Crippen LogP contribution is 1.81. The van der Waals surface area contributed by atoms with E-state index in [0.717, 1.165) is 0 Å². The van der Waals surface area contributed by atoms with Crippen molar-refractivity contribution in [3.8, 4) is 0 Å². The third-order valence-corrected chi connectivity index (χ3v) is 1.11.